The van der Waals surface area contributed by atoms with Crippen molar-refractivity contribution in [2.45, 2.75) is 33.1 Å². The Labute approximate surface area is 119 Å². The second kappa shape index (κ2) is 5.20. The molecule has 0 radical (unpaired) electrons. The van der Waals surface area contributed by atoms with Crippen molar-refractivity contribution in [1.82, 2.24) is 0 Å². The van der Waals surface area contributed by atoms with Crippen LogP contribution < -0.4 is 0 Å². The van der Waals surface area contributed by atoms with Crippen LogP contribution in [0.2, 0.25) is 0 Å². The Balaban J connectivity index is 2.45. The van der Waals surface area contributed by atoms with Crippen LogP contribution in [0, 0.1) is 19.7 Å². The van der Waals surface area contributed by atoms with E-state index in [9.17, 15) is 9.18 Å². The molecule has 2 aromatic carbocycles. The first-order valence-electron chi connectivity index (χ1n) is 6.70. The molecule has 0 bridgehead atoms. The van der Waals surface area contributed by atoms with Crippen molar-refractivity contribution in [1.29, 1.82) is 0 Å². The third-order valence-corrected chi connectivity index (χ3v) is 3.77. The Hall–Kier alpha value is -1.96. The fraction of sp³-hybridized carbons (Fsp3) is 0.278. The van der Waals surface area contributed by atoms with E-state index < -0.39 is 5.41 Å². The van der Waals surface area contributed by atoms with Gasteiger partial charge in [-0.2, -0.15) is 0 Å². The smallest absolute Gasteiger partial charge is 0.173 e. The minimum atomic E-state index is -0.674. The van der Waals surface area contributed by atoms with Gasteiger partial charge in [0, 0.05) is 5.56 Å². The van der Waals surface area contributed by atoms with Gasteiger partial charge < -0.3 is 0 Å². The number of carbonyl (C=O) groups is 1. The molecule has 0 heterocycles. The van der Waals surface area contributed by atoms with E-state index in [-0.39, 0.29) is 11.6 Å². The fourth-order valence-electron chi connectivity index (χ4n) is 2.31. The van der Waals surface area contributed by atoms with Gasteiger partial charge in [0.2, 0.25) is 0 Å². The summed E-state index contributed by atoms with van der Waals surface area (Å²) < 4.78 is 13.0. The van der Waals surface area contributed by atoms with Gasteiger partial charge in [-0.15, -0.1) is 0 Å². The number of hydrogen-bond donors (Lipinski definition) is 0. The van der Waals surface area contributed by atoms with Crippen LogP contribution in [0.3, 0.4) is 0 Å². The zero-order chi connectivity index (χ0) is 14.9. The van der Waals surface area contributed by atoms with Crippen molar-refractivity contribution in [2.24, 2.45) is 0 Å². The third kappa shape index (κ3) is 2.64. The number of Topliss-reactive ketones (excluding diaryl/α,β-unsaturated/α-hetero) is 1. The monoisotopic (exact) mass is 270 g/mol. The Kier molecular flexibility index (Phi) is 3.76. The van der Waals surface area contributed by atoms with Crippen LogP contribution in [0.1, 0.15) is 40.9 Å². The van der Waals surface area contributed by atoms with Gasteiger partial charge in [-0.1, -0.05) is 29.8 Å². The number of hydrogen-bond acceptors (Lipinski definition) is 1. The molecule has 0 spiro atoms. The summed E-state index contributed by atoms with van der Waals surface area (Å²) in [6, 6.07) is 12.0. The molecule has 0 aliphatic heterocycles. The lowest BCUT2D eigenvalue weighted by Crippen LogP contribution is -2.29. The lowest BCUT2D eigenvalue weighted by Gasteiger charge is -2.25. The predicted octanol–water partition coefficient (Wildman–Crippen LogP) is 4.60. The van der Waals surface area contributed by atoms with Crippen LogP contribution in [-0.4, -0.2) is 5.78 Å². The molecule has 0 atom stereocenters. The zero-order valence-corrected chi connectivity index (χ0v) is 12.3. The highest BCUT2D eigenvalue weighted by atomic mass is 19.1. The van der Waals surface area contributed by atoms with Crippen LogP contribution in [0.4, 0.5) is 4.39 Å². The fourth-order valence-corrected chi connectivity index (χ4v) is 2.31. The van der Waals surface area contributed by atoms with Crippen molar-refractivity contribution in [3.63, 3.8) is 0 Å². The van der Waals surface area contributed by atoms with E-state index in [4.69, 9.17) is 0 Å². The van der Waals surface area contributed by atoms with Crippen molar-refractivity contribution in [3.8, 4) is 0 Å². The summed E-state index contributed by atoms with van der Waals surface area (Å²) in [5.74, 6) is -0.228. The zero-order valence-electron chi connectivity index (χ0n) is 12.3. The lowest BCUT2D eigenvalue weighted by atomic mass is 9.77. The Morgan fingerprint density at radius 3 is 2.20 bits per heavy atom. The average molecular weight is 270 g/mol. The summed E-state index contributed by atoms with van der Waals surface area (Å²) in [7, 11) is 0. The molecule has 0 fully saturated rings. The number of aryl methyl sites for hydroxylation is 2. The summed E-state index contributed by atoms with van der Waals surface area (Å²) in [6.07, 6.45) is 0. The van der Waals surface area contributed by atoms with Gasteiger partial charge >= 0.3 is 0 Å². The molecular weight excluding hydrogens is 251 g/mol. The molecule has 0 aliphatic carbocycles. The van der Waals surface area contributed by atoms with Gasteiger partial charge in [0.1, 0.15) is 5.82 Å². The minimum absolute atomic E-state index is 0.0605. The summed E-state index contributed by atoms with van der Waals surface area (Å²) in [4.78, 5) is 12.8. The Morgan fingerprint density at radius 1 is 1.00 bits per heavy atom. The number of ketones is 1. The molecule has 0 aliphatic rings. The van der Waals surface area contributed by atoms with E-state index in [1.54, 1.807) is 12.1 Å². The van der Waals surface area contributed by atoms with E-state index in [0.717, 1.165) is 22.3 Å². The minimum Gasteiger partial charge on any atom is -0.293 e. The SMILES string of the molecule is Cc1ccc(C)c(C(=O)C(C)(C)c2ccc(F)cc2)c1. The molecule has 0 amide bonds. The standard InChI is InChI=1S/C18H19FO/c1-12-5-6-13(2)16(11-12)17(20)18(3,4)14-7-9-15(19)10-8-14/h5-11H,1-4H3. The number of halogens is 1. The highest BCUT2D eigenvalue weighted by molar-refractivity contribution is 6.04. The Bertz CT molecular complexity index is 639. The highest BCUT2D eigenvalue weighted by Gasteiger charge is 2.31. The van der Waals surface area contributed by atoms with Crippen LogP contribution in [-0.2, 0) is 5.41 Å². The normalized spacial score (nSPS) is 11.4. The molecule has 2 heteroatoms. The molecule has 0 saturated heterocycles. The van der Waals surface area contributed by atoms with Crippen molar-refractivity contribution >= 4 is 5.78 Å². The maximum atomic E-state index is 13.0. The Morgan fingerprint density at radius 2 is 1.60 bits per heavy atom. The number of rotatable bonds is 3. The van der Waals surface area contributed by atoms with Gasteiger partial charge in [0.15, 0.2) is 5.78 Å². The molecule has 2 rings (SSSR count). The molecule has 1 nitrogen and oxygen atoms in total. The molecule has 104 valence electrons. The van der Waals surface area contributed by atoms with Gasteiger partial charge in [0.25, 0.3) is 0 Å². The predicted molar refractivity (Wildman–Crippen MR) is 79.7 cm³/mol. The first kappa shape index (κ1) is 14.4. The quantitative estimate of drug-likeness (QED) is 0.745. The summed E-state index contributed by atoms with van der Waals surface area (Å²) in [5.41, 5.74) is 2.92. The van der Waals surface area contributed by atoms with Crippen LogP contribution in [0.15, 0.2) is 42.5 Å². The van der Waals surface area contributed by atoms with Crippen LogP contribution in [0.5, 0.6) is 0 Å². The van der Waals surface area contributed by atoms with Crippen molar-refractivity contribution < 1.29 is 9.18 Å². The molecular formula is C18H19FO. The van der Waals surface area contributed by atoms with E-state index in [0.29, 0.717) is 0 Å². The second-order valence-corrected chi connectivity index (χ2v) is 5.78. The largest absolute Gasteiger partial charge is 0.293 e. The summed E-state index contributed by atoms with van der Waals surface area (Å²) in [6.45, 7) is 7.67. The van der Waals surface area contributed by atoms with Gasteiger partial charge in [0.05, 0.1) is 5.41 Å². The maximum Gasteiger partial charge on any atom is 0.173 e. The van der Waals surface area contributed by atoms with Crippen molar-refractivity contribution in [3.05, 3.63) is 70.5 Å². The van der Waals surface area contributed by atoms with E-state index in [1.165, 1.54) is 12.1 Å². The third-order valence-electron chi connectivity index (χ3n) is 3.77. The first-order chi connectivity index (χ1) is 9.32. The molecule has 2 aromatic rings. The second-order valence-electron chi connectivity index (χ2n) is 5.78. The topological polar surface area (TPSA) is 17.1 Å². The first-order valence-corrected chi connectivity index (χ1v) is 6.70. The summed E-state index contributed by atoms with van der Waals surface area (Å²) in [5, 5.41) is 0. The van der Waals surface area contributed by atoms with Crippen LogP contribution >= 0.6 is 0 Å². The number of benzene rings is 2. The van der Waals surface area contributed by atoms with Gasteiger partial charge in [-0.25, -0.2) is 4.39 Å². The molecule has 0 unspecified atom stereocenters. The van der Waals surface area contributed by atoms with Crippen LogP contribution in [0.25, 0.3) is 0 Å². The van der Waals surface area contributed by atoms with E-state index >= 15 is 0 Å². The average Bonchev–Trinajstić information content (AvgIpc) is 2.41. The van der Waals surface area contributed by atoms with Gasteiger partial charge in [-0.05, 0) is 57.0 Å². The van der Waals surface area contributed by atoms with E-state index in [1.807, 2.05) is 45.9 Å². The molecule has 20 heavy (non-hydrogen) atoms. The van der Waals surface area contributed by atoms with Gasteiger partial charge in [-0.3, -0.25) is 4.79 Å². The highest BCUT2D eigenvalue weighted by Crippen LogP contribution is 2.29. The number of carbonyl (C=O) groups excluding carboxylic acids is 1. The molecule has 0 aromatic heterocycles. The summed E-state index contributed by atoms with van der Waals surface area (Å²) >= 11 is 0. The molecule has 0 N–H and O–H groups in total. The van der Waals surface area contributed by atoms with Crippen molar-refractivity contribution in [2.75, 3.05) is 0 Å². The van der Waals surface area contributed by atoms with E-state index in [2.05, 4.69) is 0 Å². The molecule has 0 saturated carbocycles. The lowest BCUT2D eigenvalue weighted by molar-refractivity contribution is 0.0908. The maximum absolute atomic E-state index is 13.0.